The molecule has 0 unspecified atom stereocenters. The summed E-state index contributed by atoms with van der Waals surface area (Å²) in [6.07, 6.45) is -1.10. The molecule has 2 aromatic heterocycles. The molecular weight excluding hydrogens is 1600 g/mol. The van der Waals surface area contributed by atoms with Gasteiger partial charge in [0.25, 0.3) is 0 Å². The fraction of sp³-hybridized carbons (Fsp3) is 0.458. The lowest BCUT2D eigenvalue weighted by atomic mass is 9.99. The molecule has 0 saturated carbocycles. The monoisotopic (exact) mass is 1710 g/mol. The zero-order chi connectivity index (χ0) is 90.3. The number of para-hydroxylation sites is 1. The predicted octanol–water partition coefficient (Wildman–Crippen LogP) is -2.91. The molecule has 1 fully saturated rings. The Balaban J connectivity index is 1.02. The molecule has 0 radical (unpaired) electrons. The molecule has 6 aromatic rings. The van der Waals surface area contributed by atoms with Crippen LogP contribution in [0.25, 0.3) is 21.9 Å². The second kappa shape index (κ2) is 47.0. The van der Waals surface area contributed by atoms with Crippen LogP contribution in [-0.2, 0) is 97.6 Å². The number of carbonyl (C=O) groups excluding carboxylic acids is 15. The van der Waals surface area contributed by atoms with Crippen LogP contribution in [0.2, 0.25) is 0 Å². The standard InChI is InChI=1S/C83H113N21O19/c1-43(2)69(80(120)97-57(28-30-64(86)107)73(113)94-50-24-27-53-48(38-66(88)109)39-68(111)123-63(53)40-50)101-81(121)71(45(5)105)103-78(118)59(35-46-15-7-6-8-16-46)99-74(114)56(20-11-12-32-84)95-67(110)42-93-79(119)62-21-14-34-104(62)82(122)70(44(3)4)102-77(117)60(36-47-22-25-51(106)26-23-47)100-75(115)58(29-31-65(87)108)96-76(116)61(37-49-41-92-55-19-10-9-17-52(49)55)98-72(112)54(85)18-13-33-91-83(89)90/h6-10,15-17,19,22-27,39-41,43-45,54,56-62,69-71,92,105-106H,11-14,18,20-21,28-38,42,84-85H2,1-5H3,(H2,86,107)(H2,87,108)(H2,88,109)(H,93,119)(H,94,113)(H,95,110)(H,96,116)(H,97,120)(H,98,112)(H,99,114)(H,100,115)(H,101,121)(H,102,117)(H,103,118)(H4,89,90,91)/t45-,54+,56+,57+,58+,59+,60+,61+,62+,69+,70+,71+/m1/s1. The van der Waals surface area contributed by atoms with Crippen LogP contribution in [0.5, 0.6) is 5.75 Å². The van der Waals surface area contributed by atoms with Crippen molar-refractivity contribution < 1.29 is 86.5 Å². The minimum atomic E-state index is -1.82. The number of aliphatic hydroxyl groups excluding tert-OH is 1. The molecule has 0 bridgehead atoms. The van der Waals surface area contributed by atoms with Gasteiger partial charge in [0.2, 0.25) is 88.6 Å². The van der Waals surface area contributed by atoms with Crippen LogP contribution in [-0.4, -0.2) is 213 Å². The van der Waals surface area contributed by atoms with Crippen LogP contribution in [0.15, 0.2) is 119 Å². The molecule has 1 aliphatic heterocycles. The molecule has 40 nitrogen and oxygen atoms in total. The Morgan fingerprint density at radius 3 is 1.67 bits per heavy atom. The van der Waals surface area contributed by atoms with Gasteiger partial charge in [0, 0.05) is 85.5 Å². The topological polar surface area (TPSA) is 670 Å². The summed E-state index contributed by atoms with van der Waals surface area (Å²) in [6.45, 7) is 7.18. The van der Waals surface area contributed by atoms with Crippen molar-refractivity contribution in [3.8, 4) is 5.75 Å². The number of amides is 15. The highest BCUT2D eigenvalue weighted by atomic mass is 16.4. The molecule has 15 amide bonds. The highest BCUT2D eigenvalue weighted by Gasteiger charge is 2.42. The quantitative estimate of drug-likeness (QED) is 0.00788. The van der Waals surface area contributed by atoms with Crippen LogP contribution in [0, 0.1) is 17.2 Å². The lowest BCUT2D eigenvalue weighted by Crippen LogP contribution is -2.62. The van der Waals surface area contributed by atoms with E-state index in [0.29, 0.717) is 41.3 Å². The number of phenolic OH excluding ortho intramolecular Hbond substituents is 1. The largest absolute Gasteiger partial charge is 0.508 e. The Labute approximate surface area is 708 Å². The number of rotatable bonds is 48. The average molecular weight is 1710 g/mol. The molecule has 7 rings (SSSR count). The number of hydrogen-bond acceptors (Lipinski definition) is 22. The molecule has 3 heterocycles. The number of aliphatic hydroxyl groups is 1. The maximum atomic E-state index is 14.9. The highest BCUT2D eigenvalue weighted by molar-refractivity contribution is 6.03. The highest BCUT2D eigenvalue weighted by Crippen LogP contribution is 2.26. The second-order valence-electron chi connectivity index (χ2n) is 31.0. The summed E-state index contributed by atoms with van der Waals surface area (Å²) in [5, 5.41) is 61.2. The average Bonchev–Trinajstić information content (AvgIpc) is 1.18. The van der Waals surface area contributed by atoms with Crippen molar-refractivity contribution >= 4 is 122 Å². The summed E-state index contributed by atoms with van der Waals surface area (Å²) in [5.41, 5.74) is 35.7. The zero-order valence-corrected chi connectivity index (χ0v) is 69.2. The van der Waals surface area contributed by atoms with Crippen molar-refractivity contribution in [1.82, 2.24) is 68.4 Å². The van der Waals surface area contributed by atoms with Crippen molar-refractivity contribution in [2.24, 2.45) is 46.2 Å². The van der Waals surface area contributed by atoms with Crippen molar-refractivity contribution in [1.29, 1.82) is 5.41 Å². The van der Waals surface area contributed by atoms with Crippen molar-refractivity contribution in [2.45, 2.75) is 203 Å². The van der Waals surface area contributed by atoms with Crippen LogP contribution in [0.3, 0.4) is 0 Å². The number of primary amides is 3. The van der Waals surface area contributed by atoms with E-state index in [2.05, 4.69) is 68.8 Å². The van der Waals surface area contributed by atoms with Crippen molar-refractivity contribution in [2.75, 3.05) is 31.5 Å². The third kappa shape index (κ3) is 30.1. The smallest absolute Gasteiger partial charge is 0.336 e. The van der Waals surface area contributed by atoms with Gasteiger partial charge in [-0.25, -0.2) is 4.79 Å². The van der Waals surface area contributed by atoms with Crippen molar-refractivity contribution in [3.63, 3.8) is 0 Å². The summed E-state index contributed by atoms with van der Waals surface area (Å²) in [7, 11) is 0. The number of fused-ring (bicyclic) bond motifs is 2. The number of nitrogens with two attached hydrogens (primary N) is 6. The number of nitrogens with zero attached hydrogens (tertiary/aromatic N) is 1. The zero-order valence-electron chi connectivity index (χ0n) is 69.2. The summed E-state index contributed by atoms with van der Waals surface area (Å²) in [4.78, 5) is 226. The van der Waals surface area contributed by atoms with Gasteiger partial charge >= 0.3 is 5.63 Å². The van der Waals surface area contributed by atoms with Gasteiger partial charge in [0.15, 0.2) is 5.96 Å². The Morgan fingerprint density at radius 1 is 0.537 bits per heavy atom. The molecule has 12 atom stereocenters. The number of hydrogen-bond donors (Lipinski definition) is 22. The molecule has 123 heavy (non-hydrogen) atoms. The Kier molecular flexibility index (Phi) is 37.0. The third-order valence-electron chi connectivity index (χ3n) is 20.5. The molecule has 1 aliphatic rings. The number of aromatic hydroxyl groups is 1. The minimum Gasteiger partial charge on any atom is -0.508 e. The van der Waals surface area contributed by atoms with Gasteiger partial charge < -0.3 is 123 Å². The van der Waals surface area contributed by atoms with E-state index >= 15 is 0 Å². The first-order valence-corrected chi connectivity index (χ1v) is 40.5. The lowest BCUT2D eigenvalue weighted by molar-refractivity contribution is -0.143. The van der Waals surface area contributed by atoms with Gasteiger partial charge in [0.1, 0.15) is 71.8 Å². The van der Waals surface area contributed by atoms with E-state index in [0.717, 1.165) is 17.0 Å². The molecule has 4 aromatic carbocycles. The van der Waals surface area contributed by atoms with Crippen LogP contribution in [0.1, 0.15) is 128 Å². The maximum Gasteiger partial charge on any atom is 0.336 e. The van der Waals surface area contributed by atoms with Crippen LogP contribution in [0.4, 0.5) is 5.69 Å². The molecule has 0 spiro atoms. The van der Waals surface area contributed by atoms with Gasteiger partial charge in [0.05, 0.1) is 25.1 Å². The van der Waals surface area contributed by atoms with E-state index in [4.69, 9.17) is 44.2 Å². The number of phenols is 1. The Hall–Kier alpha value is -13.4. The molecular formula is C83H113N21O19. The molecule has 0 aliphatic carbocycles. The van der Waals surface area contributed by atoms with E-state index in [1.807, 2.05) is 0 Å². The van der Waals surface area contributed by atoms with Gasteiger partial charge in [-0.3, -0.25) is 77.3 Å². The number of H-pyrrole nitrogens is 1. The second-order valence-corrected chi connectivity index (χ2v) is 31.0. The first-order valence-electron chi connectivity index (χ1n) is 40.5. The molecule has 1 saturated heterocycles. The number of nitrogens with one attached hydrogen (secondary N) is 14. The van der Waals surface area contributed by atoms with Crippen molar-refractivity contribution in [3.05, 3.63) is 142 Å². The summed E-state index contributed by atoms with van der Waals surface area (Å²) < 4.78 is 5.30. The van der Waals surface area contributed by atoms with E-state index in [-0.39, 0.29) is 106 Å². The number of benzene rings is 4. The number of aromatic amines is 1. The van der Waals surface area contributed by atoms with E-state index in [1.54, 1.807) is 88.5 Å². The normalized spacial score (nSPS) is 15.2. The number of likely N-dealkylation sites (tertiary alicyclic amines) is 1. The number of aromatic nitrogens is 1. The number of guanidine groups is 1. The number of unbranched alkanes of at least 4 members (excludes halogenated alkanes) is 1. The summed E-state index contributed by atoms with van der Waals surface area (Å²) >= 11 is 0. The van der Waals surface area contributed by atoms with E-state index in [9.17, 15) is 86.9 Å². The Morgan fingerprint density at radius 2 is 1.07 bits per heavy atom. The number of carbonyl (C=O) groups is 15. The minimum absolute atomic E-state index is 0.0111. The van der Waals surface area contributed by atoms with E-state index < -0.39 is 204 Å². The van der Waals surface area contributed by atoms with Crippen LogP contribution < -0.4 is 104 Å². The Bertz CT molecular complexity index is 4830. The maximum absolute atomic E-state index is 14.9. The predicted molar refractivity (Wildman–Crippen MR) is 451 cm³/mol. The first-order chi connectivity index (χ1) is 58.4. The fourth-order valence-corrected chi connectivity index (χ4v) is 13.9. The molecule has 664 valence electrons. The van der Waals surface area contributed by atoms with Gasteiger partial charge in [-0.15, -0.1) is 0 Å². The first kappa shape index (κ1) is 96.8. The summed E-state index contributed by atoms with van der Waals surface area (Å²) in [5.74, 6) is -15.0. The fourth-order valence-electron chi connectivity index (χ4n) is 13.9. The molecule has 28 N–H and O–H groups in total. The molecule has 40 heteroatoms. The lowest BCUT2D eigenvalue weighted by Gasteiger charge is -2.32. The van der Waals surface area contributed by atoms with Crippen LogP contribution >= 0.6 is 0 Å². The third-order valence-corrected chi connectivity index (χ3v) is 20.5. The van der Waals surface area contributed by atoms with Gasteiger partial charge in [-0.1, -0.05) is 88.4 Å². The SMILES string of the molecule is CC(C)[C@H](NC(=O)[C@@H](NC(=O)[C@H](Cc1ccccc1)NC(=O)[C@H](CCCCN)NC(=O)CNC(=O)[C@@H]1CCCN1C(=O)[C@@H](NC(=O)[C@H](Cc1ccc(O)cc1)NC(=O)[C@H](CCC(N)=O)NC(=O)[C@H](Cc1c[nH]c2ccccc12)NC(=O)[C@@H](N)CCCNC(=N)N)C(C)C)[C@@H](C)O)C(=O)N[C@@H](CCC(N)=O)C(=O)Nc1ccc2c(CC(N)=O)cc(=O)oc2c1. The summed E-state index contributed by atoms with van der Waals surface area (Å²) in [6, 6.07) is 10.4. The van der Waals surface area contributed by atoms with E-state index in [1.165, 1.54) is 54.3 Å². The number of anilines is 1. The van der Waals surface area contributed by atoms with Gasteiger partial charge in [-0.2, -0.15) is 0 Å². The van der Waals surface area contributed by atoms with Gasteiger partial charge in [-0.05, 0) is 136 Å².